The molecule has 2 unspecified atom stereocenters. The highest BCUT2D eigenvalue weighted by Gasteiger charge is 2.22. The molecular formula is C32H34O7. The van der Waals surface area contributed by atoms with Crippen LogP contribution in [0.4, 0.5) is 0 Å². The number of fused-ring (bicyclic) bond motifs is 2. The summed E-state index contributed by atoms with van der Waals surface area (Å²) in [6, 6.07) is 25.0. The molecule has 2 aliphatic rings. The van der Waals surface area contributed by atoms with Crippen LogP contribution in [0.3, 0.4) is 0 Å². The maximum Gasteiger partial charge on any atom is 0.120 e. The van der Waals surface area contributed by atoms with Crippen molar-refractivity contribution in [3.05, 3.63) is 83.9 Å². The first kappa shape index (κ1) is 26.0. The summed E-state index contributed by atoms with van der Waals surface area (Å²) in [4.78, 5) is 0. The Bertz CT molecular complexity index is 1270. The van der Waals surface area contributed by atoms with Gasteiger partial charge in [0.2, 0.25) is 0 Å². The van der Waals surface area contributed by atoms with Crippen molar-refractivity contribution < 1.29 is 33.2 Å². The van der Waals surface area contributed by atoms with E-state index in [-0.39, 0.29) is 0 Å². The molecule has 39 heavy (non-hydrogen) atoms. The molecule has 4 aromatic rings. The minimum Gasteiger partial charge on any atom is -0.491 e. The molecule has 7 heteroatoms. The summed E-state index contributed by atoms with van der Waals surface area (Å²) in [5.41, 5.74) is 2.32. The van der Waals surface area contributed by atoms with Crippen molar-refractivity contribution >= 4 is 21.5 Å². The average molecular weight is 531 g/mol. The van der Waals surface area contributed by atoms with Crippen molar-refractivity contribution in [2.45, 2.75) is 25.4 Å². The van der Waals surface area contributed by atoms with Crippen LogP contribution in [0.25, 0.3) is 21.5 Å². The lowest BCUT2D eigenvalue weighted by atomic mass is 10.1. The van der Waals surface area contributed by atoms with E-state index in [9.17, 15) is 0 Å². The highest BCUT2D eigenvalue weighted by Crippen LogP contribution is 2.24. The van der Waals surface area contributed by atoms with Crippen molar-refractivity contribution in [2.75, 3.05) is 52.9 Å². The Hall–Kier alpha value is -3.20. The molecule has 4 aromatic carbocycles. The Morgan fingerprint density at radius 1 is 0.513 bits per heavy atom. The van der Waals surface area contributed by atoms with Crippen LogP contribution in [0.15, 0.2) is 72.8 Å². The molecule has 2 aliphatic heterocycles. The van der Waals surface area contributed by atoms with Gasteiger partial charge in [0.1, 0.15) is 36.9 Å². The van der Waals surface area contributed by atoms with Gasteiger partial charge in [0.15, 0.2) is 0 Å². The van der Waals surface area contributed by atoms with E-state index >= 15 is 0 Å². The van der Waals surface area contributed by atoms with Gasteiger partial charge in [0.05, 0.1) is 52.9 Å². The second kappa shape index (κ2) is 12.8. The van der Waals surface area contributed by atoms with E-state index in [0.29, 0.717) is 65.1 Å². The van der Waals surface area contributed by atoms with Crippen LogP contribution >= 0.6 is 0 Å². The van der Waals surface area contributed by atoms with E-state index in [1.807, 2.05) is 12.1 Å². The van der Waals surface area contributed by atoms with Gasteiger partial charge in [-0.3, -0.25) is 0 Å². The molecule has 0 amide bonds. The Morgan fingerprint density at radius 2 is 0.949 bits per heavy atom. The number of benzene rings is 4. The normalized spacial score (nSPS) is 17.9. The molecular weight excluding hydrogens is 496 g/mol. The molecule has 0 bridgehead atoms. The zero-order valence-corrected chi connectivity index (χ0v) is 22.0. The molecule has 2 fully saturated rings. The van der Waals surface area contributed by atoms with Crippen LogP contribution in [0.5, 0.6) is 11.5 Å². The summed E-state index contributed by atoms with van der Waals surface area (Å²) in [6.07, 6.45) is 0.582. The van der Waals surface area contributed by atoms with Crippen LogP contribution in [0.1, 0.15) is 11.1 Å². The van der Waals surface area contributed by atoms with Gasteiger partial charge >= 0.3 is 0 Å². The minimum absolute atomic E-state index is 0.291. The van der Waals surface area contributed by atoms with E-state index in [1.54, 1.807) is 0 Å². The van der Waals surface area contributed by atoms with Gasteiger partial charge < -0.3 is 33.2 Å². The molecule has 0 aliphatic carbocycles. The summed E-state index contributed by atoms with van der Waals surface area (Å²) in [5, 5.41) is 4.61. The lowest BCUT2D eigenvalue weighted by Gasteiger charge is -2.10. The first-order valence-corrected chi connectivity index (χ1v) is 13.6. The van der Waals surface area contributed by atoms with Gasteiger partial charge in [-0.25, -0.2) is 0 Å². The molecule has 2 saturated heterocycles. The Morgan fingerprint density at radius 3 is 1.41 bits per heavy atom. The largest absolute Gasteiger partial charge is 0.491 e. The third-order valence-electron chi connectivity index (χ3n) is 6.69. The fraction of sp³-hybridized carbons (Fsp3) is 0.375. The van der Waals surface area contributed by atoms with Gasteiger partial charge in [0.25, 0.3) is 0 Å². The van der Waals surface area contributed by atoms with E-state index in [1.165, 1.54) is 10.8 Å². The van der Waals surface area contributed by atoms with Gasteiger partial charge in [-0.05, 0) is 69.1 Å². The predicted octanol–water partition coefficient (Wildman–Crippen LogP) is 5.30. The van der Waals surface area contributed by atoms with Crippen LogP contribution in [-0.4, -0.2) is 65.1 Å². The van der Waals surface area contributed by atoms with Crippen molar-refractivity contribution in [1.82, 2.24) is 0 Å². The molecule has 0 radical (unpaired) electrons. The second-order valence-corrected chi connectivity index (χ2v) is 9.94. The maximum absolute atomic E-state index is 5.88. The molecule has 6 rings (SSSR count). The minimum atomic E-state index is 0.291. The van der Waals surface area contributed by atoms with Crippen molar-refractivity contribution in [3.8, 4) is 11.5 Å². The molecule has 2 atom stereocenters. The number of hydrogen-bond donors (Lipinski definition) is 0. The van der Waals surface area contributed by atoms with Crippen molar-refractivity contribution in [3.63, 3.8) is 0 Å². The molecule has 0 saturated carbocycles. The summed E-state index contributed by atoms with van der Waals surface area (Å²) in [5.74, 6) is 1.67. The van der Waals surface area contributed by atoms with E-state index in [0.717, 1.165) is 46.6 Å². The van der Waals surface area contributed by atoms with Crippen molar-refractivity contribution in [1.29, 1.82) is 0 Å². The number of hydrogen-bond acceptors (Lipinski definition) is 7. The molecule has 2 heterocycles. The number of ether oxygens (including phenoxy) is 7. The average Bonchev–Trinajstić information content (AvgIpc) is 3.89. The third kappa shape index (κ3) is 7.91. The third-order valence-corrected chi connectivity index (χ3v) is 6.69. The maximum atomic E-state index is 5.88. The summed E-state index contributed by atoms with van der Waals surface area (Å²) < 4.78 is 39.2. The van der Waals surface area contributed by atoms with E-state index < -0.39 is 0 Å². The lowest BCUT2D eigenvalue weighted by molar-refractivity contribution is 0.0765. The molecule has 0 spiro atoms. The SMILES string of the molecule is c1cc2cc(OCCOCCOc3ccc4cc(COCC5CO5)ccc4c3)ccc2cc1COCC1CO1. The summed E-state index contributed by atoms with van der Waals surface area (Å²) in [6.45, 7) is 6.13. The summed E-state index contributed by atoms with van der Waals surface area (Å²) >= 11 is 0. The monoisotopic (exact) mass is 530 g/mol. The lowest BCUT2D eigenvalue weighted by Crippen LogP contribution is -2.12. The zero-order chi connectivity index (χ0) is 26.3. The van der Waals surface area contributed by atoms with Crippen LogP contribution < -0.4 is 9.47 Å². The van der Waals surface area contributed by atoms with E-state index in [2.05, 4.69) is 60.7 Å². The fourth-order valence-electron chi connectivity index (χ4n) is 4.39. The first-order valence-electron chi connectivity index (χ1n) is 13.6. The molecule has 0 aromatic heterocycles. The highest BCUT2D eigenvalue weighted by molar-refractivity contribution is 5.85. The van der Waals surface area contributed by atoms with Crippen LogP contribution in [-0.2, 0) is 36.9 Å². The Balaban J connectivity index is 0.877. The molecule has 7 nitrogen and oxygen atoms in total. The molecule has 204 valence electrons. The van der Waals surface area contributed by atoms with Gasteiger partial charge in [0, 0.05) is 0 Å². The smallest absolute Gasteiger partial charge is 0.120 e. The quantitative estimate of drug-likeness (QED) is 0.144. The standard InChI is InChI=1S/C32H34O7/c1-3-27-15-29(7-5-25(27)13-23(1)17-34-19-31-21-38-31)36-11-9-33-10-12-37-30-8-6-26-14-24(2-4-28(26)16-30)18-35-20-32-22-39-32/h1-8,13-16,31-32H,9-12,17-22H2. The van der Waals surface area contributed by atoms with Crippen molar-refractivity contribution in [2.24, 2.45) is 0 Å². The topological polar surface area (TPSA) is 71.2 Å². The van der Waals surface area contributed by atoms with Crippen LogP contribution in [0, 0.1) is 0 Å². The highest BCUT2D eigenvalue weighted by atomic mass is 16.6. The second-order valence-electron chi connectivity index (χ2n) is 9.94. The predicted molar refractivity (Wildman–Crippen MR) is 148 cm³/mol. The van der Waals surface area contributed by atoms with Gasteiger partial charge in [-0.15, -0.1) is 0 Å². The first-order chi connectivity index (χ1) is 19.3. The van der Waals surface area contributed by atoms with Crippen LogP contribution in [0.2, 0.25) is 0 Å². The summed E-state index contributed by atoms with van der Waals surface area (Å²) in [7, 11) is 0. The zero-order valence-electron chi connectivity index (χ0n) is 22.0. The Kier molecular flexibility index (Phi) is 8.53. The fourth-order valence-corrected chi connectivity index (χ4v) is 4.39. The number of rotatable bonds is 16. The Labute approximate surface area is 228 Å². The van der Waals surface area contributed by atoms with Gasteiger partial charge in [-0.2, -0.15) is 0 Å². The number of epoxide rings is 2. The van der Waals surface area contributed by atoms with Gasteiger partial charge in [-0.1, -0.05) is 36.4 Å². The van der Waals surface area contributed by atoms with E-state index in [4.69, 9.17) is 33.2 Å². The molecule has 0 N–H and O–H groups in total.